The summed E-state index contributed by atoms with van der Waals surface area (Å²) >= 11 is 1.57. The van der Waals surface area contributed by atoms with Gasteiger partial charge in [-0.15, -0.1) is 0 Å². The Hall–Kier alpha value is -0.790. The molecule has 2 rings (SSSR count). The van der Waals surface area contributed by atoms with E-state index in [-0.39, 0.29) is 5.91 Å². The number of carbonyl (C=O) groups is 2. The number of nitrogens with zero attached hydrogens (tertiary/aromatic N) is 1. The number of amides is 1. The van der Waals surface area contributed by atoms with Gasteiger partial charge in [0, 0.05) is 24.6 Å². The average molecular weight is 260 g/mol. The van der Waals surface area contributed by atoms with E-state index in [1.165, 1.54) is 4.90 Å². The minimum Gasteiger partial charge on any atom is -0.480 e. The standard InChI is InChI=1S/C10H16N2O4S/c13-9(7-5-16-3-1-11-7)12-2-4-17-6-8(12)10(14)15/h7-8,11H,1-6H2,(H,14,15). The van der Waals surface area contributed by atoms with Gasteiger partial charge in [-0.25, -0.2) is 4.79 Å². The summed E-state index contributed by atoms with van der Waals surface area (Å²) in [7, 11) is 0. The zero-order chi connectivity index (χ0) is 12.3. The minimum atomic E-state index is -0.928. The van der Waals surface area contributed by atoms with Gasteiger partial charge in [0.2, 0.25) is 5.91 Å². The molecule has 0 aromatic heterocycles. The van der Waals surface area contributed by atoms with Crippen molar-refractivity contribution in [2.45, 2.75) is 12.1 Å². The largest absolute Gasteiger partial charge is 0.480 e. The Balaban J connectivity index is 2.02. The van der Waals surface area contributed by atoms with Crippen molar-refractivity contribution >= 4 is 23.6 Å². The topological polar surface area (TPSA) is 78.9 Å². The monoisotopic (exact) mass is 260 g/mol. The molecule has 6 nitrogen and oxygen atoms in total. The summed E-state index contributed by atoms with van der Waals surface area (Å²) in [6.07, 6.45) is 0. The highest BCUT2D eigenvalue weighted by Crippen LogP contribution is 2.18. The van der Waals surface area contributed by atoms with Gasteiger partial charge in [-0.2, -0.15) is 11.8 Å². The fourth-order valence-electron chi connectivity index (χ4n) is 2.00. The summed E-state index contributed by atoms with van der Waals surface area (Å²) in [5.41, 5.74) is 0. The molecular weight excluding hydrogens is 244 g/mol. The Kier molecular flexibility index (Phi) is 4.25. The Morgan fingerprint density at radius 1 is 1.47 bits per heavy atom. The predicted molar refractivity (Wildman–Crippen MR) is 63.1 cm³/mol. The molecule has 1 amide bonds. The van der Waals surface area contributed by atoms with Gasteiger partial charge in [-0.05, 0) is 0 Å². The fourth-order valence-corrected chi connectivity index (χ4v) is 3.03. The van der Waals surface area contributed by atoms with Crippen molar-refractivity contribution in [3.05, 3.63) is 0 Å². The molecule has 2 fully saturated rings. The molecule has 0 aromatic rings. The fraction of sp³-hybridized carbons (Fsp3) is 0.800. The third kappa shape index (κ3) is 2.91. The van der Waals surface area contributed by atoms with Crippen LogP contribution < -0.4 is 5.32 Å². The third-order valence-corrected chi connectivity index (χ3v) is 3.94. The SMILES string of the molecule is O=C(O)C1CSCCN1C(=O)C1COCCN1. The molecule has 2 N–H and O–H groups in total. The van der Waals surface area contributed by atoms with Crippen LogP contribution in [0.15, 0.2) is 0 Å². The number of nitrogens with one attached hydrogen (secondary N) is 1. The summed E-state index contributed by atoms with van der Waals surface area (Å²) in [6, 6.07) is -1.10. The molecular formula is C10H16N2O4S. The van der Waals surface area contributed by atoms with Gasteiger partial charge in [0.05, 0.1) is 13.2 Å². The second kappa shape index (κ2) is 5.70. The Bertz CT molecular complexity index is 307. The number of carbonyl (C=O) groups excluding carboxylic acids is 1. The van der Waals surface area contributed by atoms with E-state index in [0.717, 1.165) is 5.75 Å². The van der Waals surface area contributed by atoms with E-state index in [1.54, 1.807) is 11.8 Å². The van der Waals surface area contributed by atoms with Gasteiger partial charge in [-0.3, -0.25) is 4.79 Å². The molecule has 0 radical (unpaired) electrons. The molecule has 2 saturated heterocycles. The maximum atomic E-state index is 12.2. The molecule has 0 aromatic carbocycles. The third-order valence-electron chi connectivity index (χ3n) is 2.92. The molecule has 2 aliphatic heterocycles. The zero-order valence-electron chi connectivity index (χ0n) is 9.42. The van der Waals surface area contributed by atoms with Crippen LogP contribution in [0, 0.1) is 0 Å². The van der Waals surface area contributed by atoms with Crippen LogP contribution in [0.3, 0.4) is 0 Å². The molecule has 0 spiro atoms. The van der Waals surface area contributed by atoms with Gasteiger partial charge in [0.25, 0.3) is 0 Å². The number of hydrogen-bond donors (Lipinski definition) is 2. The number of aliphatic carboxylic acids is 1. The Morgan fingerprint density at radius 2 is 2.29 bits per heavy atom. The van der Waals surface area contributed by atoms with Gasteiger partial charge >= 0.3 is 5.97 Å². The highest BCUT2D eigenvalue weighted by atomic mass is 32.2. The summed E-state index contributed by atoms with van der Waals surface area (Å²) in [4.78, 5) is 24.7. The van der Waals surface area contributed by atoms with Gasteiger partial charge < -0.3 is 20.1 Å². The Morgan fingerprint density at radius 3 is 2.94 bits per heavy atom. The normalized spacial score (nSPS) is 30.0. The first-order valence-electron chi connectivity index (χ1n) is 5.62. The number of carboxylic acids is 1. The highest BCUT2D eigenvalue weighted by Gasteiger charge is 2.36. The molecule has 7 heteroatoms. The van der Waals surface area contributed by atoms with Gasteiger partial charge in [0.15, 0.2) is 0 Å². The minimum absolute atomic E-state index is 0.155. The predicted octanol–water partition coefficient (Wildman–Crippen LogP) is -0.997. The van der Waals surface area contributed by atoms with Crippen LogP contribution in [0.4, 0.5) is 0 Å². The van der Waals surface area contributed by atoms with Crippen molar-refractivity contribution in [3.8, 4) is 0 Å². The second-order valence-electron chi connectivity index (χ2n) is 4.04. The maximum Gasteiger partial charge on any atom is 0.327 e. The van der Waals surface area contributed by atoms with Gasteiger partial charge in [0.1, 0.15) is 12.1 Å². The molecule has 2 atom stereocenters. The summed E-state index contributed by atoms with van der Waals surface area (Å²) in [6.45, 7) is 2.06. The van der Waals surface area contributed by atoms with E-state index in [9.17, 15) is 9.59 Å². The molecule has 0 aliphatic carbocycles. The lowest BCUT2D eigenvalue weighted by molar-refractivity contribution is -0.151. The van der Waals surface area contributed by atoms with E-state index >= 15 is 0 Å². The molecule has 0 saturated carbocycles. The van der Waals surface area contributed by atoms with Gasteiger partial charge in [-0.1, -0.05) is 0 Å². The van der Waals surface area contributed by atoms with Crippen molar-refractivity contribution in [1.82, 2.24) is 10.2 Å². The number of hydrogen-bond acceptors (Lipinski definition) is 5. The average Bonchev–Trinajstić information content (AvgIpc) is 2.39. The van der Waals surface area contributed by atoms with Crippen LogP contribution in [0.25, 0.3) is 0 Å². The number of rotatable bonds is 2. The van der Waals surface area contributed by atoms with Crippen molar-refractivity contribution in [1.29, 1.82) is 0 Å². The Labute approximate surface area is 104 Å². The van der Waals surface area contributed by atoms with E-state index in [1.807, 2.05) is 0 Å². The van der Waals surface area contributed by atoms with Crippen molar-refractivity contribution in [3.63, 3.8) is 0 Å². The lowest BCUT2D eigenvalue weighted by Crippen LogP contribution is -2.58. The molecule has 96 valence electrons. The van der Waals surface area contributed by atoms with Crippen LogP contribution in [0.2, 0.25) is 0 Å². The number of morpholine rings is 1. The lowest BCUT2D eigenvalue weighted by Gasteiger charge is -2.36. The first kappa shape index (κ1) is 12.7. The van der Waals surface area contributed by atoms with E-state index in [2.05, 4.69) is 5.32 Å². The van der Waals surface area contributed by atoms with Crippen molar-refractivity contribution < 1.29 is 19.4 Å². The van der Waals surface area contributed by atoms with Crippen LogP contribution in [-0.2, 0) is 14.3 Å². The van der Waals surface area contributed by atoms with Crippen molar-refractivity contribution in [2.24, 2.45) is 0 Å². The zero-order valence-corrected chi connectivity index (χ0v) is 10.2. The molecule has 0 bridgehead atoms. The number of thioether (sulfide) groups is 1. The van der Waals surface area contributed by atoms with Crippen LogP contribution in [0.5, 0.6) is 0 Å². The highest BCUT2D eigenvalue weighted by molar-refractivity contribution is 7.99. The summed E-state index contributed by atoms with van der Waals surface area (Å²) in [5, 5.41) is 12.2. The van der Waals surface area contributed by atoms with E-state index in [4.69, 9.17) is 9.84 Å². The van der Waals surface area contributed by atoms with E-state index < -0.39 is 18.1 Å². The number of ether oxygens (including phenoxy) is 1. The quantitative estimate of drug-likeness (QED) is 0.663. The second-order valence-corrected chi connectivity index (χ2v) is 5.19. The lowest BCUT2D eigenvalue weighted by atomic mass is 10.2. The smallest absolute Gasteiger partial charge is 0.327 e. The molecule has 2 heterocycles. The van der Waals surface area contributed by atoms with Crippen LogP contribution in [0.1, 0.15) is 0 Å². The molecule has 2 unspecified atom stereocenters. The first-order valence-corrected chi connectivity index (χ1v) is 6.78. The van der Waals surface area contributed by atoms with E-state index in [0.29, 0.717) is 32.1 Å². The van der Waals surface area contributed by atoms with Crippen LogP contribution in [-0.4, -0.2) is 71.8 Å². The summed E-state index contributed by atoms with van der Waals surface area (Å²) < 4.78 is 5.23. The maximum absolute atomic E-state index is 12.2. The number of carboxylic acid groups (broad SMARTS) is 1. The molecule has 17 heavy (non-hydrogen) atoms. The summed E-state index contributed by atoms with van der Waals surface area (Å²) in [5.74, 6) is 0.178. The van der Waals surface area contributed by atoms with Crippen LogP contribution >= 0.6 is 11.8 Å². The van der Waals surface area contributed by atoms with Crippen molar-refractivity contribution in [2.75, 3.05) is 37.8 Å². The first-order chi connectivity index (χ1) is 8.20. The molecule has 2 aliphatic rings.